The second-order valence-electron chi connectivity index (χ2n) is 6.74. The van der Waals surface area contributed by atoms with E-state index in [-0.39, 0.29) is 6.09 Å². The Bertz CT molecular complexity index is 560. The molecule has 1 saturated carbocycles. The first-order chi connectivity index (χ1) is 11.7. The highest BCUT2D eigenvalue weighted by Crippen LogP contribution is 2.52. The average molecular weight is 336 g/mol. The van der Waals surface area contributed by atoms with Crippen molar-refractivity contribution < 1.29 is 14.3 Å². The second kappa shape index (κ2) is 7.96. The third kappa shape index (κ3) is 3.88. The van der Waals surface area contributed by atoms with Crippen molar-refractivity contribution in [3.05, 3.63) is 11.4 Å². The number of hydrogen-bond acceptors (Lipinski definition) is 5. The van der Waals surface area contributed by atoms with Crippen molar-refractivity contribution in [2.24, 2.45) is 17.8 Å². The lowest BCUT2D eigenvalue weighted by molar-refractivity contribution is 0.123. The first-order valence-corrected chi connectivity index (χ1v) is 9.08. The number of aryl methyl sites for hydroxylation is 1. The van der Waals surface area contributed by atoms with Crippen molar-refractivity contribution in [2.75, 3.05) is 26.9 Å². The number of carbonyl (C=O) groups excluding carboxylic acids is 1. The second-order valence-corrected chi connectivity index (χ2v) is 6.74. The zero-order valence-electron chi connectivity index (χ0n) is 14.7. The predicted octanol–water partition coefficient (Wildman–Crippen LogP) is 1.80. The van der Waals surface area contributed by atoms with Crippen LogP contribution in [0.1, 0.15) is 37.6 Å². The molecule has 0 saturated heterocycles. The maximum Gasteiger partial charge on any atom is 0.406 e. The lowest BCUT2D eigenvalue weighted by Gasteiger charge is -2.10. The number of amides is 1. The average Bonchev–Trinajstić information content (AvgIpc) is 3.09. The fraction of sp³-hybridized carbons (Fsp3) is 0.824. The third-order valence-electron chi connectivity index (χ3n) is 5.26. The summed E-state index contributed by atoms with van der Waals surface area (Å²) in [4.78, 5) is 11.2. The molecule has 24 heavy (non-hydrogen) atoms. The summed E-state index contributed by atoms with van der Waals surface area (Å²) in [5, 5.41) is 11.2. The van der Waals surface area contributed by atoms with Crippen LogP contribution < -0.4 is 5.32 Å². The number of nitrogens with zero attached hydrogens (tertiary/aromatic N) is 3. The lowest BCUT2D eigenvalue weighted by atomic mass is 10.0. The number of hydrogen-bond donors (Lipinski definition) is 1. The fourth-order valence-corrected chi connectivity index (χ4v) is 3.89. The van der Waals surface area contributed by atoms with Gasteiger partial charge in [0.2, 0.25) is 0 Å². The minimum Gasteiger partial charge on any atom is -0.449 e. The molecule has 0 aliphatic heterocycles. The normalized spacial score (nSPS) is 25.2. The van der Waals surface area contributed by atoms with Gasteiger partial charge in [0.05, 0.1) is 31.1 Å². The Morgan fingerprint density at radius 1 is 1.29 bits per heavy atom. The van der Waals surface area contributed by atoms with Crippen molar-refractivity contribution in [2.45, 2.75) is 45.6 Å². The first kappa shape index (κ1) is 17.2. The molecule has 1 heterocycles. The maximum absolute atomic E-state index is 11.2. The quantitative estimate of drug-likeness (QED) is 0.768. The molecular weight excluding hydrogens is 308 g/mol. The molecule has 1 aromatic heterocycles. The van der Waals surface area contributed by atoms with Gasteiger partial charge < -0.3 is 14.8 Å². The molecule has 3 atom stereocenters. The highest BCUT2D eigenvalue weighted by atomic mass is 16.5. The molecule has 7 nitrogen and oxygen atoms in total. The van der Waals surface area contributed by atoms with Gasteiger partial charge >= 0.3 is 6.09 Å². The van der Waals surface area contributed by atoms with Gasteiger partial charge in [0.15, 0.2) is 0 Å². The highest BCUT2D eigenvalue weighted by molar-refractivity contribution is 5.66. The Morgan fingerprint density at radius 3 is 2.83 bits per heavy atom. The standard InChI is InChI=1S/C17H28N4O3/c1-3-9-23-10-8-21-16-7-5-13-12(4-6-15(16)19-20-21)14(13)11-24-17(22)18-2/h12-14H,3-11H2,1-2H3,(H,18,22). The molecule has 2 aliphatic carbocycles. The molecule has 3 unspecified atom stereocenters. The van der Waals surface area contributed by atoms with Crippen molar-refractivity contribution in [1.82, 2.24) is 20.3 Å². The molecule has 0 aromatic carbocycles. The van der Waals surface area contributed by atoms with Gasteiger partial charge in [0.1, 0.15) is 0 Å². The van der Waals surface area contributed by atoms with Crippen LogP contribution in [0.5, 0.6) is 0 Å². The van der Waals surface area contributed by atoms with Crippen LogP contribution in [0.2, 0.25) is 0 Å². The van der Waals surface area contributed by atoms with E-state index >= 15 is 0 Å². The molecule has 0 spiro atoms. The van der Waals surface area contributed by atoms with Crippen LogP contribution in [-0.2, 0) is 28.9 Å². The summed E-state index contributed by atoms with van der Waals surface area (Å²) < 4.78 is 12.8. The number of alkyl carbamates (subject to hydrolysis) is 1. The van der Waals surface area contributed by atoms with E-state index < -0.39 is 0 Å². The molecule has 7 heteroatoms. The summed E-state index contributed by atoms with van der Waals surface area (Å²) in [7, 11) is 1.59. The van der Waals surface area contributed by atoms with Crippen molar-refractivity contribution >= 4 is 6.09 Å². The molecule has 1 N–H and O–H groups in total. The summed E-state index contributed by atoms with van der Waals surface area (Å²) >= 11 is 0. The predicted molar refractivity (Wildman–Crippen MR) is 88.7 cm³/mol. The molecule has 1 amide bonds. The van der Waals surface area contributed by atoms with Crippen LogP contribution in [0.3, 0.4) is 0 Å². The first-order valence-electron chi connectivity index (χ1n) is 9.08. The monoisotopic (exact) mass is 336 g/mol. The van der Waals surface area contributed by atoms with Crippen LogP contribution in [0, 0.1) is 17.8 Å². The number of rotatable bonds is 7. The SMILES string of the molecule is CCCOCCn1nnc2c1CCC1C(CC2)C1COC(=O)NC. The van der Waals surface area contributed by atoms with E-state index in [4.69, 9.17) is 9.47 Å². The van der Waals surface area contributed by atoms with Crippen LogP contribution in [0.4, 0.5) is 4.79 Å². The van der Waals surface area contributed by atoms with Crippen molar-refractivity contribution in [3.63, 3.8) is 0 Å². The molecule has 2 aliphatic rings. The van der Waals surface area contributed by atoms with E-state index in [1.807, 2.05) is 4.68 Å². The molecule has 1 aromatic rings. The zero-order valence-corrected chi connectivity index (χ0v) is 14.7. The maximum atomic E-state index is 11.2. The van der Waals surface area contributed by atoms with Crippen LogP contribution >= 0.6 is 0 Å². The molecule has 3 rings (SSSR count). The Kier molecular flexibility index (Phi) is 5.71. The van der Waals surface area contributed by atoms with Crippen LogP contribution in [0.15, 0.2) is 0 Å². The van der Waals surface area contributed by atoms with E-state index in [0.717, 1.165) is 50.9 Å². The Labute approximate surface area is 143 Å². The highest BCUT2D eigenvalue weighted by Gasteiger charge is 2.50. The summed E-state index contributed by atoms with van der Waals surface area (Å²) in [5.74, 6) is 1.85. The molecular formula is C17H28N4O3. The van der Waals surface area contributed by atoms with Crippen LogP contribution in [0.25, 0.3) is 0 Å². The van der Waals surface area contributed by atoms with E-state index in [9.17, 15) is 4.79 Å². The van der Waals surface area contributed by atoms with Gasteiger partial charge in [0, 0.05) is 13.7 Å². The number of carbonyl (C=O) groups is 1. The molecule has 1 fully saturated rings. The third-order valence-corrected chi connectivity index (χ3v) is 5.26. The smallest absolute Gasteiger partial charge is 0.406 e. The minimum absolute atomic E-state index is 0.332. The van der Waals surface area contributed by atoms with E-state index in [2.05, 4.69) is 22.6 Å². The Balaban J connectivity index is 1.52. The van der Waals surface area contributed by atoms with Crippen LogP contribution in [-0.4, -0.2) is 48.0 Å². The summed E-state index contributed by atoms with van der Waals surface area (Å²) in [6, 6.07) is 0. The van der Waals surface area contributed by atoms with E-state index in [1.54, 1.807) is 7.05 Å². The van der Waals surface area contributed by atoms with Gasteiger partial charge in [-0.1, -0.05) is 12.1 Å². The molecule has 0 bridgehead atoms. The number of ether oxygens (including phenoxy) is 2. The van der Waals surface area contributed by atoms with Crippen molar-refractivity contribution in [3.8, 4) is 0 Å². The summed E-state index contributed by atoms with van der Waals surface area (Å²) in [5.41, 5.74) is 2.41. The topological polar surface area (TPSA) is 78.3 Å². The van der Waals surface area contributed by atoms with Gasteiger partial charge in [-0.15, -0.1) is 5.10 Å². The molecule has 0 radical (unpaired) electrons. The number of aromatic nitrogens is 3. The van der Waals surface area contributed by atoms with Gasteiger partial charge in [-0.05, 0) is 49.9 Å². The van der Waals surface area contributed by atoms with Gasteiger partial charge in [-0.3, -0.25) is 0 Å². The Hall–Kier alpha value is -1.63. The van der Waals surface area contributed by atoms with Crippen molar-refractivity contribution in [1.29, 1.82) is 0 Å². The zero-order chi connectivity index (χ0) is 16.9. The lowest BCUT2D eigenvalue weighted by Crippen LogP contribution is -2.20. The fourth-order valence-electron chi connectivity index (χ4n) is 3.89. The number of nitrogens with one attached hydrogen (secondary N) is 1. The number of fused-ring (bicyclic) bond motifs is 2. The largest absolute Gasteiger partial charge is 0.449 e. The van der Waals surface area contributed by atoms with E-state index in [0.29, 0.717) is 31.0 Å². The Morgan fingerprint density at radius 2 is 2.08 bits per heavy atom. The van der Waals surface area contributed by atoms with E-state index in [1.165, 1.54) is 5.69 Å². The van der Waals surface area contributed by atoms with Gasteiger partial charge in [0.25, 0.3) is 0 Å². The van der Waals surface area contributed by atoms with Gasteiger partial charge in [-0.25, -0.2) is 9.48 Å². The summed E-state index contributed by atoms with van der Waals surface area (Å²) in [6.45, 7) is 4.92. The molecule has 134 valence electrons. The summed E-state index contributed by atoms with van der Waals surface area (Å²) in [6.07, 6.45) is 4.93. The minimum atomic E-state index is -0.332. The van der Waals surface area contributed by atoms with Gasteiger partial charge in [-0.2, -0.15) is 0 Å².